The Morgan fingerprint density at radius 3 is 2.39 bits per heavy atom. The van der Waals surface area contributed by atoms with Crippen molar-refractivity contribution in [3.8, 4) is 0 Å². The van der Waals surface area contributed by atoms with Crippen LogP contribution in [0.5, 0.6) is 0 Å². The molecule has 0 fully saturated rings. The Balaban J connectivity index is 2.30. The molecule has 6 heteroatoms. The largest absolute Gasteiger partial charge is 0.416 e. The minimum Gasteiger partial charge on any atom is -0.382 e. The molecule has 2 nitrogen and oxygen atoms in total. The van der Waals surface area contributed by atoms with E-state index in [2.05, 4.69) is 0 Å². The lowest BCUT2D eigenvalue weighted by atomic mass is 10.1. The third-order valence-corrected chi connectivity index (χ3v) is 3.57. The second kappa shape index (κ2) is 7.00. The molecule has 23 heavy (non-hydrogen) atoms. The molecule has 1 N–H and O–H groups in total. The molecule has 0 saturated carbocycles. The number of rotatable bonds is 5. The zero-order valence-corrected chi connectivity index (χ0v) is 12.5. The van der Waals surface area contributed by atoms with E-state index in [-0.39, 0.29) is 12.2 Å². The second-order valence-corrected chi connectivity index (χ2v) is 5.34. The van der Waals surface area contributed by atoms with Gasteiger partial charge in [-0.2, -0.15) is 13.2 Å². The van der Waals surface area contributed by atoms with Crippen LogP contribution in [0.4, 0.5) is 23.2 Å². The molecule has 2 aromatic rings. The van der Waals surface area contributed by atoms with Crippen molar-refractivity contribution in [2.24, 2.45) is 0 Å². The highest BCUT2D eigenvalue weighted by Gasteiger charge is 2.39. The van der Waals surface area contributed by atoms with Crippen molar-refractivity contribution in [1.82, 2.24) is 0 Å². The summed E-state index contributed by atoms with van der Waals surface area (Å²) in [5.74, 6) is -0.543. The van der Waals surface area contributed by atoms with Crippen LogP contribution in [-0.4, -0.2) is 23.9 Å². The molecule has 0 amide bonds. The van der Waals surface area contributed by atoms with Crippen molar-refractivity contribution < 1.29 is 22.7 Å². The lowest BCUT2D eigenvalue weighted by molar-refractivity contribution is -0.200. The zero-order valence-electron chi connectivity index (χ0n) is 12.5. The number of hydrogen-bond donors (Lipinski definition) is 1. The number of aliphatic hydroxyl groups is 1. The minimum absolute atomic E-state index is 0.142. The first-order valence-electron chi connectivity index (χ1n) is 7.07. The monoisotopic (exact) mass is 327 g/mol. The number of aliphatic hydroxyl groups excluding tert-OH is 1. The summed E-state index contributed by atoms with van der Waals surface area (Å²) < 4.78 is 51.4. The van der Waals surface area contributed by atoms with Crippen LogP contribution >= 0.6 is 0 Å². The van der Waals surface area contributed by atoms with Crippen molar-refractivity contribution >= 4 is 5.69 Å². The van der Waals surface area contributed by atoms with Crippen LogP contribution < -0.4 is 4.90 Å². The van der Waals surface area contributed by atoms with Crippen LogP contribution in [0.1, 0.15) is 11.1 Å². The van der Waals surface area contributed by atoms with Gasteiger partial charge >= 0.3 is 6.18 Å². The first kappa shape index (κ1) is 17.3. The fraction of sp³-hybridized carbons (Fsp3) is 0.294. The van der Waals surface area contributed by atoms with Crippen LogP contribution in [0.25, 0.3) is 0 Å². The van der Waals surface area contributed by atoms with E-state index in [4.69, 9.17) is 0 Å². The molecule has 0 aromatic heterocycles. The average Bonchev–Trinajstić information content (AvgIpc) is 2.47. The van der Waals surface area contributed by atoms with Gasteiger partial charge in [0.25, 0.3) is 0 Å². The number of benzene rings is 2. The van der Waals surface area contributed by atoms with Gasteiger partial charge in [-0.25, -0.2) is 4.39 Å². The smallest absolute Gasteiger partial charge is 0.382 e. The summed E-state index contributed by atoms with van der Waals surface area (Å²) >= 11 is 0. The lowest BCUT2D eigenvalue weighted by Crippen LogP contribution is -2.41. The molecule has 2 rings (SSSR count). The van der Waals surface area contributed by atoms with Gasteiger partial charge < -0.3 is 10.0 Å². The summed E-state index contributed by atoms with van der Waals surface area (Å²) in [6, 6.07) is 12.6. The van der Waals surface area contributed by atoms with Crippen LogP contribution in [0, 0.1) is 12.7 Å². The summed E-state index contributed by atoms with van der Waals surface area (Å²) in [6.07, 6.45) is -7.23. The minimum atomic E-state index is -4.72. The highest BCUT2D eigenvalue weighted by atomic mass is 19.4. The molecule has 1 atom stereocenters. The van der Waals surface area contributed by atoms with E-state index in [0.717, 1.165) is 17.2 Å². The zero-order chi connectivity index (χ0) is 17.0. The molecule has 0 radical (unpaired) electrons. The standard InChI is InChI=1S/C17H17F4NO/c1-12-5-2-3-6-13(12)10-22(11-16(23)17(19,20)21)15-8-4-7-14(18)9-15/h2-9,16,23H,10-11H2,1H3/t16-/m0/s1. The van der Waals surface area contributed by atoms with Crippen LogP contribution in [0.15, 0.2) is 48.5 Å². The first-order valence-corrected chi connectivity index (χ1v) is 7.07. The maximum Gasteiger partial charge on any atom is 0.416 e. The van der Waals surface area contributed by atoms with Gasteiger partial charge in [-0.05, 0) is 36.2 Å². The third kappa shape index (κ3) is 4.69. The maximum atomic E-state index is 13.4. The molecule has 0 unspecified atom stereocenters. The lowest BCUT2D eigenvalue weighted by Gasteiger charge is -2.29. The highest BCUT2D eigenvalue weighted by molar-refractivity contribution is 5.48. The molecule has 124 valence electrons. The van der Waals surface area contributed by atoms with E-state index in [1.54, 1.807) is 12.1 Å². The van der Waals surface area contributed by atoms with Gasteiger partial charge in [0.15, 0.2) is 6.10 Å². The van der Waals surface area contributed by atoms with Gasteiger partial charge in [0.1, 0.15) is 5.82 Å². The van der Waals surface area contributed by atoms with E-state index in [1.807, 2.05) is 19.1 Å². The fourth-order valence-electron chi connectivity index (χ4n) is 2.24. The second-order valence-electron chi connectivity index (χ2n) is 5.34. The molecular weight excluding hydrogens is 310 g/mol. The highest BCUT2D eigenvalue weighted by Crippen LogP contribution is 2.25. The summed E-state index contributed by atoms with van der Waals surface area (Å²) in [5.41, 5.74) is 2.01. The maximum absolute atomic E-state index is 13.4. The van der Waals surface area contributed by atoms with Gasteiger partial charge in [-0.3, -0.25) is 0 Å². The van der Waals surface area contributed by atoms with Crippen molar-refractivity contribution in [2.75, 3.05) is 11.4 Å². The van der Waals surface area contributed by atoms with Crippen molar-refractivity contribution in [3.63, 3.8) is 0 Å². The molecule has 0 bridgehead atoms. The number of anilines is 1. The SMILES string of the molecule is Cc1ccccc1CN(C[C@H](O)C(F)(F)F)c1cccc(F)c1. The van der Waals surface area contributed by atoms with Gasteiger partial charge in [0.05, 0.1) is 6.54 Å². The first-order chi connectivity index (χ1) is 10.8. The number of aryl methyl sites for hydroxylation is 1. The summed E-state index contributed by atoms with van der Waals surface area (Å²) in [5, 5.41) is 9.37. The molecule has 0 aliphatic carbocycles. The Morgan fingerprint density at radius 1 is 1.09 bits per heavy atom. The third-order valence-electron chi connectivity index (χ3n) is 3.57. The number of nitrogens with zero attached hydrogens (tertiary/aromatic N) is 1. The van der Waals surface area contributed by atoms with Gasteiger partial charge in [-0.15, -0.1) is 0 Å². The molecule has 0 spiro atoms. The molecule has 0 aliphatic rings. The summed E-state index contributed by atoms with van der Waals surface area (Å²) in [6.45, 7) is 1.32. The quantitative estimate of drug-likeness (QED) is 0.837. The van der Waals surface area contributed by atoms with Gasteiger partial charge in [-0.1, -0.05) is 30.3 Å². The Labute approximate surface area is 132 Å². The predicted octanol–water partition coefficient (Wildman–Crippen LogP) is 4.06. The number of hydrogen-bond acceptors (Lipinski definition) is 2. The Kier molecular flexibility index (Phi) is 5.26. The van der Waals surface area contributed by atoms with E-state index >= 15 is 0 Å². The molecule has 2 aromatic carbocycles. The van der Waals surface area contributed by atoms with E-state index in [1.165, 1.54) is 23.1 Å². The summed E-state index contributed by atoms with van der Waals surface area (Å²) in [4.78, 5) is 1.32. The summed E-state index contributed by atoms with van der Waals surface area (Å²) in [7, 11) is 0. The van der Waals surface area contributed by atoms with Crippen LogP contribution in [0.2, 0.25) is 0 Å². The Morgan fingerprint density at radius 2 is 1.78 bits per heavy atom. The van der Waals surface area contributed by atoms with Gasteiger partial charge in [0.2, 0.25) is 0 Å². The molecule has 0 saturated heterocycles. The molecule has 0 heterocycles. The van der Waals surface area contributed by atoms with Gasteiger partial charge in [0, 0.05) is 12.2 Å². The van der Waals surface area contributed by atoms with Crippen molar-refractivity contribution in [1.29, 1.82) is 0 Å². The normalized spacial score (nSPS) is 13.0. The fourth-order valence-corrected chi connectivity index (χ4v) is 2.24. The van der Waals surface area contributed by atoms with Crippen LogP contribution in [0.3, 0.4) is 0 Å². The van der Waals surface area contributed by atoms with Crippen molar-refractivity contribution in [2.45, 2.75) is 25.7 Å². The van der Waals surface area contributed by atoms with E-state index in [0.29, 0.717) is 0 Å². The molecular formula is C17H17F4NO. The van der Waals surface area contributed by atoms with E-state index in [9.17, 15) is 22.7 Å². The number of halogens is 4. The predicted molar refractivity (Wildman–Crippen MR) is 80.7 cm³/mol. The Bertz CT molecular complexity index is 657. The number of alkyl halides is 3. The van der Waals surface area contributed by atoms with Crippen molar-refractivity contribution in [3.05, 3.63) is 65.5 Å². The Hall–Kier alpha value is -2.08. The van der Waals surface area contributed by atoms with E-state index < -0.39 is 24.6 Å². The average molecular weight is 327 g/mol. The van der Waals surface area contributed by atoms with Crippen LogP contribution in [-0.2, 0) is 6.54 Å². The molecule has 0 aliphatic heterocycles. The topological polar surface area (TPSA) is 23.5 Å².